The molecule has 30 heavy (non-hydrogen) atoms. The summed E-state index contributed by atoms with van der Waals surface area (Å²) in [5.41, 5.74) is 2.98. The number of ether oxygens (including phenoxy) is 1. The highest BCUT2D eigenvalue weighted by Crippen LogP contribution is 2.27. The second kappa shape index (κ2) is 10.2. The predicted octanol–water partition coefficient (Wildman–Crippen LogP) is 4.39. The van der Waals surface area contributed by atoms with E-state index in [1.54, 1.807) is 54.6 Å². The maximum absolute atomic E-state index is 12.6. The van der Waals surface area contributed by atoms with Crippen LogP contribution in [0, 0.1) is 11.3 Å². The van der Waals surface area contributed by atoms with Crippen molar-refractivity contribution < 1.29 is 14.3 Å². The van der Waals surface area contributed by atoms with Crippen LogP contribution in [0.3, 0.4) is 0 Å². The molecule has 3 aromatic rings. The normalized spacial score (nSPS) is 10.1. The lowest BCUT2D eigenvalue weighted by molar-refractivity contribution is -0.124. The monoisotopic (exact) mass is 418 g/mol. The van der Waals surface area contributed by atoms with Crippen LogP contribution in [-0.4, -0.2) is 25.0 Å². The van der Waals surface area contributed by atoms with E-state index in [2.05, 4.69) is 11.4 Å². The minimum Gasteiger partial charge on any atom is -0.452 e. The van der Waals surface area contributed by atoms with E-state index in [0.29, 0.717) is 40.2 Å². The zero-order chi connectivity index (χ0) is 21.3. The Morgan fingerprint density at radius 2 is 1.70 bits per heavy atom. The van der Waals surface area contributed by atoms with Gasteiger partial charge in [-0.15, -0.1) is 0 Å². The van der Waals surface area contributed by atoms with Gasteiger partial charge in [-0.3, -0.25) is 4.79 Å². The molecule has 0 spiro atoms. The number of carbonyl (C=O) groups excluding carboxylic acids is 2. The molecule has 0 aliphatic heterocycles. The number of hydrogen-bond acceptors (Lipinski definition) is 4. The van der Waals surface area contributed by atoms with Crippen LogP contribution in [-0.2, 0) is 16.0 Å². The molecule has 5 nitrogen and oxygen atoms in total. The second-order valence-electron chi connectivity index (χ2n) is 6.51. The van der Waals surface area contributed by atoms with Gasteiger partial charge in [-0.25, -0.2) is 4.79 Å². The molecule has 150 valence electrons. The lowest BCUT2D eigenvalue weighted by Crippen LogP contribution is -2.30. The summed E-state index contributed by atoms with van der Waals surface area (Å²) in [6.07, 6.45) is 0.619. The van der Waals surface area contributed by atoms with Crippen molar-refractivity contribution in [1.82, 2.24) is 5.32 Å². The zero-order valence-corrected chi connectivity index (χ0v) is 16.9. The molecule has 0 bridgehead atoms. The second-order valence-corrected chi connectivity index (χ2v) is 6.95. The highest BCUT2D eigenvalue weighted by atomic mass is 35.5. The van der Waals surface area contributed by atoms with Gasteiger partial charge in [0.25, 0.3) is 5.91 Å². The number of halogens is 1. The molecule has 3 rings (SSSR count). The van der Waals surface area contributed by atoms with Crippen LogP contribution >= 0.6 is 11.6 Å². The highest BCUT2D eigenvalue weighted by Gasteiger charge is 2.17. The Hall–Kier alpha value is -3.62. The number of benzene rings is 3. The van der Waals surface area contributed by atoms with Gasteiger partial charge in [-0.05, 0) is 41.8 Å². The third kappa shape index (κ3) is 5.47. The molecule has 0 unspecified atom stereocenters. The number of hydrogen-bond donors (Lipinski definition) is 1. The van der Waals surface area contributed by atoms with Crippen LogP contribution in [0.5, 0.6) is 0 Å². The Morgan fingerprint density at radius 3 is 2.47 bits per heavy atom. The molecule has 0 aromatic heterocycles. The maximum atomic E-state index is 12.6. The smallest absolute Gasteiger partial charge is 0.339 e. The van der Waals surface area contributed by atoms with Gasteiger partial charge in [0.05, 0.1) is 17.2 Å². The largest absolute Gasteiger partial charge is 0.452 e. The van der Waals surface area contributed by atoms with E-state index in [-0.39, 0.29) is 12.5 Å². The minimum absolute atomic E-state index is 0.298. The van der Waals surface area contributed by atoms with Crippen molar-refractivity contribution in [2.45, 2.75) is 6.42 Å². The minimum atomic E-state index is -0.622. The number of carbonyl (C=O) groups is 2. The van der Waals surface area contributed by atoms with Crippen LogP contribution < -0.4 is 5.32 Å². The van der Waals surface area contributed by atoms with E-state index < -0.39 is 5.97 Å². The Balaban J connectivity index is 1.59. The number of rotatable bonds is 7. The van der Waals surface area contributed by atoms with Gasteiger partial charge < -0.3 is 10.1 Å². The van der Waals surface area contributed by atoms with Crippen LogP contribution in [0.25, 0.3) is 11.1 Å². The molecule has 0 fully saturated rings. The van der Waals surface area contributed by atoms with Crippen molar-refractivity contribution in [2.75, 3.05) is 13.2 Å². The molecule has 0 saturated carbocycles. The van der Waals surface area contributed by atoms with Gasteiger partial charge in [0.1, 0.15) is 0 Å². The average Bonchev–Trinajstić information content (AvgIpc) is 2.77. The number of nitrogens with one attached hydrogen (secondary N) is 1. The van der Waals surface area contributed by atoms with Crippen LogP contribution in [0.4, 0.5) is 0 Å². The van der Waals surface area contributed by atoms with Gasteiger partial charge >= 0.3 is 5.97 Å². The molecule has 0 atom stereocenters. The standard InChI is InChI=1S/C24H19ClN2O3/c25-19-8-5-6-17(14-19)12-13-27-23(28)16-30-24(29)22-11-4-3-10-21(22)20-9-2-1-7-18(20)15-26/h1-11,14H,12-13,16H2,(H,27,28). The summed E-state index contributed by atoms with van der Waals surface area (Å²) in [4.78, 5) is 24.6. The molecule has 0 aliphatic rings. The fraction of sp³-hybridized carbons (Fsp3) is 0.125. The first kappa shape index (κ1) is 21.1. The van der Waals surface area contributed by atoms with E-state index in [1.807, 2.05) is 18.2 Å². The van der Waals surface area contributed by atoms with Crippen molar-refractivity contribution in [3.8, 4) is 17.2 Å². The number of nitriles is 1. The molecule has 0 radical (unpaired) electrons. The van der Waals surface area contributed by atoms with Gasteiger partial charge in [0.2, 0.25) is 0 Å². The van der Waals surface area contributed by atoms with Crippen molar-refractivity contribution in [3.05, 3.63) is 94.5 Å². The summed E-state index contributed by atoms with van der Waals surface area (Å²) < 4.78 is 5.19. The van der Waals surface area contributed by atoms with Crippen LogP contribution in [0.2, 0.25) is 5.02 Å². The Kier molecular flexibility index (Phi) is 7.20. The first-order chi connectivity index (χ1) is 14.6. The van der Waals surface area contributed by atoms with Gasteiger partial charge in [-0.2, -0.15) is 5.26 Å². The molecule has 3 aromatic carbocycles. The molecular weight excluding hydrogens is 400 g/mol. The summed E-state index contributed by atoms with van der Waals surface area (Å²) >= 11 is 5.94. The topological polar surface area (TPSA) is 79.2 Å². The third-order valence-electron chi connectivity index (χ3n) is 4.44. The molecular formula is C24H19ClN2O3. The van der Waals surface area contributed by atoms with Crippen molar-refractivity contribution in [2.24, 2.45) is 0 Å². The molecule has 6 heteroatoms. The summed E-state index contributed by atoms with van der Waals surface area (Å²) in [5.74, 6) is -1.01. The SMILES string of the molecule is N#Cc1ccccc1-c1ccccc1C(=O)OCC(=O)NCCc1cccc(Cl)c1. The van der Waals surface area contributed by atoms with E-state index in [9.17, 15) is 14.9 Å². The summed E-state index contributed by atoms with van der Waals surface area (Å²) in [6.45, 7) is 0.0193. The van der Waals surface area contributed by atoms with Crippen molar-refractivity contribution in [3.63, 3.8) is 0 Å². The summed E-state index contributed by atoms with van der Waals surface area (Å²) in [6, 6.07) is 23.4. The Labute approximate surface area is 179 Å². The highest BCUT2D eigenvalue weighted by molar-refractivity contribution is 6.30. The van der Waals surface area contributed by atoms with E-state index in [1.165, 1.54) is 0 Å². The van der Waals surface area contributed by atoms with Gasteiger partial charge in [0.15, 0.2) is 6.61 Å². The molecule has 1 amide bonds. The number of nitrogens with zero attached hydrogens (tertiary/aromatic N) is 1. The molecule has 1 N–H and O–H groups in total. The van der Waals surface area contributed by atoms with E-state index in [4.69, 9.17) is 16.3 Å². The summed E-state index contributed by atoms with van der Waals surface area (Å²) in [5, 5.41) is 12.7. The fourth-order valence-electron chi connectivity index (χ4n) is 3.01. The lowest BCUT2D eigenvalue weighted by atomic mass is 9.96. The van der Waals surface area contributed by atoms with Gasteiger partial charge in [-0.1, -0.05) is 60.1 Å². The Bertz CT molecular complexity index is 1110. The quantitative estimate of drug-likeness (QED) is 0.577. The third-order valence-corrected chi connectivity index (χ3v) is 4.68. The van der Waals surface area contributed by atoms with Crippen LogP contribution in [0.1, 0.15) is 21.5 Å². The van der Waals surface area contributed by atoms with E-state index >= 15 is 0 Å². The van der Waals surface area contributed by atoms with Gasteiger partial charge in [0, 0.05) is 17.1 Å². The van der Waals surface area contributed by atoms with Crippen molar-refractivity contribution in [1.29, 1.82) is 5.26 Å². The predicted molar refractivity (Wildman–Crippen MR) is 115 cm³/mol. The Morgan fingerprint density at radius 1 is 0.967 bits per heavy atom. The fourth-order valence-corrected chi connectivity index (χ4v) is 3.22. The van der Waals surface area contributed by atoms with Crippen molar-refractivity contribution >= 4 is 23.5 Å². The zero-order valence-electron chi connectivity index (χ0n) is 16.1. The molecule has 0 aliphatic carbocycles. The average molecular weight is 419 g/mol. The first-order valence-corrected chi connectivity index (χ1v) is 9.73. The maximum Gasteiger partial charge on any atom is 0.339 e. The van der Waals surface area contributed by atoms with Crippen LogP contribution in [0.15, 0.2) is 72.8 Å². The lowest BCUT2D eigenvalue weighted by Gasteiger charge is -2.11. The molecule has 0 saturated heterocycles. The number of esters is 1. The van der Waals surface area contributed by atoms with E-state index in [0.717, 1.165) is 5.56 Å². The first-order valence-electron chi connectivity index (χ1n) is 9.35. The molecule has 0 heterocycles. The number of amides is 1. The summed E-state index contributed by atoms with van der Waals surface area (Å²) in [7, 11) is 0.